The van der Waals surface area contributed by atoms with E-state index in [2.05, 4.69) is 34.2 Å². The Balaban J connectivity index is 0.000000461. The Bertz CT molecular complexity index is 718. The number of aromatic nitrogens is 2. The van der Waals surface area contributed by atoms with Crippen LogP contribution in [0.15, 0.2) is 48.8 Å². The standard InChI is InChI=1S/C12H8N2.2C2H4O2.Co/c1-3-9-5-6-10-4-2-8-14-12(10)11(9)13-7-1;2*1-2(3)4;/h1-8H;2*1H3,(H,3,4);/q;;;+2/p-2. The third kappa shape index (κ3) is 7.34. The van der Waals surface area contributed by atoms with Gasteiger partial charge in [0.05, 0.1) is 11.0 Å². The molecule has 0 aliphatic heterocycles. The second-order valence-corrected chi connectivity index (χ2v) is 4.20. The van der Waals surface area contributed by atoms with E-state index in [1.165, 1.54) is 0 Å². The van der Waals surface area contributed by atoms with Crippen LogP contribution in [0.25, 0.3) is 21.8 Å². The third-order valence-corrected chi connectivity index (χ3v) is 2.34. The van der Waals surface area contributed by atoms with Crippen molar-refractivity contribution in [1.82, 2.24) is 9.97 Å². The Morgan fingerprint density at radius 1 is 0.783 bits per heavy atom. The fraction of sp³-hybridized carbons (Fsp3) is 0.125. The van der Waals surface area contributed by atoms with Crippen molar-refractivity contribution in [1.29, 1.82) is 0 Å². The Hall–Kier alpha value is -2.51. The molecule has 0 saturated carbocycles. The van der Waals surface area contributed by atoms with Gasteiger partial charge in [-0.25, -0.2) is 0 Å². The predicted molar refractivity (Wildman–Crippen MR) is 78.4 cm³/mol. The summed E-state index contributed by atoms with van der Waals surface area (Å²) < 4.78 is 0. The van der Waals surface area contributed by atoms with Gasteiger partial charge >= 0.3 is 16.8 Å². The number of nitrogens with zero attached hydrogens (tertiary/aromatic N) is 2. The number of aliphatic carboxylic acids is 2. The summed E-state index contributed by atoms with van der Waals surface area (Å²) in [6.07, 6.45) is 3.60. The molecule has 7 heteroatoms. The molecule has 3 aromatic rings. The first-order valence-corrected chi connectivity index (χ1v) is 6.35. The average Bonchev–Trinajstić information content (AvgIpc) is 2.46. The zero-order chi connectivity index (χ0) is 16.5. The molecule has 2 aromatic heterocycles. The van der Waals surface area contributed by atoms with Crippen LogP contribution in [0.1, 0.15) is 13.8 Å². The van der Waals surface area contributed by atoms with Crippen LogP contribution in [0.2, 0.25) is 0 Å². The summed E-state index contributed by atoms with van der Waals surface area (Å²) in [5.74, 6) is -2.17. The molecule has 0 aliphatic rings. The SMILES string of the molecule is CC(=O)[O-].CC(=O)[O-].[Co+2].c1cnc2c(c1)ccc1cccnc12. The molecule has 0 N–H and O–H groups in total. The fourth-order valence-electron chi connectivity index (χ4n) is 1.68. The summed E-state index contributed by atoms with van der Waals surface area (Å²) in [6.45, 7) is 1.94. The van der Waals surface area contributed by atoms with Gasteiger partial charge in [-0.2, -0.15) is 0 Å². The fourth-order valence-corrected chi connectivity index (χ4v) is 1.68. The Labute approximate surface area is 143 Å². The van der Waals surface area contributed by atoms with E-state index in [1.807, 2.05) is 12.1 Å². The topological polar surface area (TPSA) is 106 Å². The summed E-state index contributed by atoms with van der Waals surface area (Å²) in [5.41, 5.74) is 1.95. The summed E-state index contributed by atoms with van der Waals surface area (Å²) >= 11 is 0. The summed E-state index contributed by atoms with van der Waals surface area (Å²) in [6, 6.07) is 12.1. The number of carbonyl (C=O) groups is 2. The summed E-state index contributed by atoms with van der Waals surface area (Å²) in [7, 11) is 0. The van der Waals surface area contributed by atoms with Crippen molar-refractivity contribution in [3.63, 3.8) is 0 Å². The van der Waals surface area contributed by atoms with E-state index in [0.29, 0.717) is 0 Å². The molecular weight excluding hydrogens is 343 g/mol. The molecule has 2 heterocycles. The molecule has 121 valence electrons. The second kappa shape index (κ2) is 10.3. The van der Waals surface area contributed by atoms with E-state index in [4.69, 9.17) is 19.8 Å². The molecule has 0 aliphatic carbocycles. The van der Waals surface area contributed by atoms with Gasteiger partial charge in [-0.3, -0.25) is 9.97 Å². The van der Waals surface area contributed by atoms with Gasteiger partial charge in [0.25, 0.3) is 0 Å². The molecule has 0 bridgehead atoms. The van der Waals surface area contributed by atoms with Crippen LogP contribution < -0.4 is 10.2 Å². The maximum atomic E-state index is 8.89. The first-order valence-electron chi connectivity index (χ1n) is 6.35. The van der Waals surface area contributed by atoms with Gasteiger partial charge in [-0.05, 0) is 26.0 Å². The van der Waals surface area contributed by atoms with Crippen molar-refractivity contribution >= 4 is 33.7 Å². The molecule has 1 aromatic carbocycles. The number of benzene rings is 1. The van der Waals surface area contributed by atoms with E-state index in [-0.39, 0.29) is 16.8 Å². The van der Waals surface area contributed by atoms with Crippen LogP contribution in [0.3, 0.4) is 0 Å². The Morgan fingerprint density at radius 2 is 1.09 bits per heavy atom. The maximum absolute atomic E-state index is 8.89. The molecule has 0 fully saturated rings. The van der Waals surface area contributed by atoms with Gasteiger partial charge in [0.1, 0.15) is 0 Å². The quantitative estimate of drug-likeness (QED) is 0.536. The zero-order valence-corrected chi connectivity index (χ0v) is 13.5. The minimum absolute atomic E-state index is 0. The summed E-state index contributed by atoms with van der Waals surface area (Å²) in [4.78, 5) is 26.5. The maximum Gasteiger partial charge on any atom is 2.00 e. The van der Waals surface area contributed by atoms with Crippen molar-refractivity contribution in [2.45, 2.75) is 13.8 Å². The van der Waals surface area contributed by atoms with E-state index >= 15 is 0 Å². The third-order valence-electron chi connectivity index (χ3n) is 2.34. The summed E-state index contributed by atoms with van der Waals surface area (Å²) in [5, 5.41) is 20.1. The van der Waals surface area contributed by atoms with Crippen molar-refractivity contribution in [3.05, 3.63) is 48.8 Å². The first-order chi connectivity index (χ1) is 10.4. The van der Waals surface area contributed by atoms with Gasteiger partial charge in [0, 0.05) is 35.1 Å². The number of hydrogen-bond acceptors (Lipinski definition) is 6. The Kier molecular flexibility index (Phi) is 9.13. The number of fused-ring (bicyclic) bond motifs is 3. The molecule has 0 atom stereocenters. The van der Waals surface area contributed by atoms with Crippen LogP contribution in [-0.4, -0.2) is 21.9 Å². The molecule has 6 nitrogen and oxygen atoms in total. The Morgan fingerprint density at radius 3 is 1.39 bits per heavy atom. The smallest absolute Gasteiger partial charge is 0.550 e. The second-order valence-electron chi connectivity index (χ2n) is 4.20. The van der Waals surface area contributed by atoms with Gasteiger partial charge in [0.15, 0.2) is 0 Å². The number of carbonyl (C=O) groups excluding carboxylic acids is 2. The number of rotatable bonds is 0. The predicted octanol–water partition coefficient (Wildman–Crippen LogP) is 0.293. The number of pyridine rings is 2. The zero-order valence-electron chi connectivity index (χ0n) is 12.5. The van der Waals surface area contributed by atoms with Crippen molar-refractivity contribution < 1.29 is 36.6 Å². The molecule has 1 radical (unpaired) electrons. The molecule has 0 spiro atoms. The average molecular weight is 357 g/mol. The van der Waals surface area contributed by atoms with Crippen molar-refractivity contribution in [2.75, 3.05) is 0 Å². The minimum Gasteiger partial charge on any atom is -0.550 e. The number of carboxylic acid groups (broad SMARTS) is 2. The van der Waals surface area contributed by atoms with Crippen LogP contribution in [0, 0.1) is 0 Å². The van der Waals surface area contributed by atoms with Gasteiger partial charge in [-0.15, -0.1) is 0 Å². The monoisotopic (exact) mass is 357 g/mol. The van der Waals surface area contributed by atoms with E-state index in [0.717, 1.165) is 35.7 Å². The molecule has 23 heavy (non-hydrogen) atoms. The normalized spacial score (nSPS) is 8.78. The van der Waals surface area contributed by atoms with Crippen molar-refractivity contribution in [2.24, 2.45) is 0 Å². The van der Waals surface area contributed by atoms with Crippen LogP contribution in [0.5, 0.6) is 0 Å². The molecule has 0 saturated heterocycles. The minimum atomic E-state index is -1.08. The molecule has 0 unspecified atom stereocenters. The van der Waals surface area contributed by atoms with Crippen molar-refractivity contribution in [3.8, 4) is 0 Å². The van der Waals surface area contributed by atoms with E-state index < -0.39 is 11.9 Å². The van der Waals surface area contributed by atoms with Crippen LogP contribution >= 0.6 is 0 Å². The molecular formula is C16H14CoN2O4. The van der Waals surface area contributed by atoms with Gasteiger partial charge in [0.2, 0.25) is 0 Å². The number of hydrogen-bond donors (Lipinski definition) is 0. The van der Waals surface area contributed by atoms with Gasteiger partial charge in [-0.1, -0.05) is 24.3 Å². The molecule has 3 rings (SSSR count). The largest absolute Gasteiger partial charge is 2.00 e. The number of carboxylic acids is 2. The first kappa shape index (κ1) is 20.5. The van der Waals surface area contributed by atoms with E-state index in [9.17, 15) is 0 Å². The van der Waals surface area contributed by atoms with Crippen LogP contribution in [-0.2, 0) is 26.4 Å². The van der Waals surface area contributed by atoms with Crippen LogP contribution in [0.4, 0.5) is 0 Å². The van der Waals surface area contributed by atoms with E-state index in [1.54, 1.807) is 12.4 Å². The molecule has 0 amide bonds. The van der Waals surface area contributed by atoms with Gasteiger partial charge < -0.3 is 19.8 Å².